The number of pyridine rings is 2. The van der Waals surface area contributed by atoms with Crippen molar-refractivity contribution < 1.29 is 0 Å². The number of benzene rings is 1. The van der Waals surface area contributed by atoms with Crippen molar-refractivity contribution >= 4 is 22.3 Å². The van der Waals surface area contributed by atoms with Crippen LogP contribution in [-0.2, 0) is 6.54 Å². The highest BCUT2D eigenvalue weighted by Gasteiger charge is 2.20. The molecule has 3 aromatic heterocycles. The second-order valence-corrected chi connectivity index (χ2v) is 7.43. The van der Waals surface area contributed by atoms with Gasteiger partial charge in [0.05, 0.1) is 11.4 Å². The van der Waals surface area contributed by atoms with Crippen molar-refractivity contribution in [2.45, 2.75) is 13.5 Å². The molecule has 1 aliphatic heterocycles. The van der Waals surface area contributed by atoms with E-state index in [0.29, 0.717) is 0 Å². The quantitative estimate of drug-likeness (QED) is 0.522. The van der Waals surface area contributed by atoms with Gasteiger partial charge in [-0.1, -0.05) is 6.07 Å². The summed E-state index contributed by atoms with van der Waals surface area (Å²) in [7, 11) is 0. The zero-order chi connectivity index (χ0) is 19.6. The molecule has 0 spiro atoms. The number of hydrogen-bond donors (Lipinski definition) is 0. The van der Waals surface area contributed by atoms with E-state index in [-0.39, 0.29) is 0 Å². The van der Waals surface area contributed by atoms with Gasteiger partial charge in [-0.3, -0.25) is 9.97 Å². The van der Waals surface area contributed by atoms with Gasteiger partial charge in [0.15, 0.2) is 0 Å². The number of nitrogens with zero attached hydrogens (tertiary/aromatic N) is 5. The molecule has 146 valence electrons. The minimum atomic E-state index is 0.982. The van der Waals surface area contributed by atoms with Crippen molar-refractivity contribution in [3.63, 3.8) is 0 Å². The summed E-state index contributed by atoms with van der Waals surface area (Å²) in [6, 6.07) is 17.3. The molecule has 0 radical (unpaired) electrons. The predicted octanol–water partition coefficient (Wildman–Crippen LogP) is 4.44. The first-order chi connectivity index (χ1) is 14.3. The molecule has 5 heteroatoms. The Morgan fingerprint density at radius 2 is 1.66 bits per heavy atom. The van der Waals surface area contributed by atoms with E-state index in [0.717, 1.165) is 38.4 Å². The summed E-state index contributed by atoms with van der Waals surface area (Å²) in [5, 5.41) is 1.27. The topological polar surface area (TPSA) is 37.2 Å². The molecule has 0 atom stereocenters. The van der Waals surface area contributed by atoms with Crippen LogP contribution in [0.1, 0.15) is 6.92 Å². The van der Waals surface area contributed by atoms with E-state index in [9.17, 15) is 0 Å². The Morgan fingerprint density at radius 1 is 0.862 bits per heavy atom. The molecule has 5 rings (SSSR count). The number of rotatable bonds is 4. The molecule has 0 aliphatic carbocycles. The van der Waals surface area contributed by atoms with Crippen LogP contribution in [-0.4, -0.2) is 40.7 Å². The van der Waals surface area contributed by atoms with Crippen LogP contribution in [0, 0.1) is 0 Å². The summed E-state index contributed by atoms with van der Waals surface area (Å²) in [4.78, 5) is 13.8. The van der Waals surface area contributed by atoms with Crippen molar-refractivity contribution in [3.05, 3.63) is 73.3 Å². The van der Waals surface area contributed by atoms with E-state index in [2.05, 4.69) is 74.9 Å². The highest BCUT2D eigenvalue weighted by atomic mass is 15.3. The smallest absolute Gasteiger partial charge is 0.0935 e. The number of fused-ring (bicyclic) bond motifs is 1. The standard InChI is InChI=1S/C24H25N5/c1-2-27-13-9-19-18-20(5-6-22(19)27)24-23(4-3-10-26-24)29-16-14-28(15-17-29)21-7-11-25-12-8-21/h3-13,18H,2,14-17H2,1H3. The van der Waals surface area contributed by atoms with E-state index in [1.54, 1.807) is 0 Å². The minimum Gasteiger partial charge on any atom is -0.368 e. The molecule has 5 nitrogen and oxygen atoms in total. The van der Waals surface area contributed by atoms with Gasteiger partial charge >= 0.3 is 0 Å². The molecule has 0 bridgehead atoms. The van der Waals surface area contributed by atoms with E-state index < -0.39 is 0 Å². The molecular formula is C24H25N5. The summed E-state index contributed by atoms with van der Waals surface area (Å²) in [5.41, 5.74) is 5.99. The summed E-state index contributed by atoms with van der Waals surface area (Å²) in [6.07, 6.45) is 7.78. The lowest BCUT2D eigenvalue weighted by Gasteiger charge is -2.37. The maximum Gasteiger partial charge on any atom is 0.0935 e. The number of aryl methyl sites for hydroxylation is 1. The molecule has 1 saturated heterocycles. The monoisotopic (exact) mass is 383 g/mol. The third-order valence-corrected chi connectivity index (χ3v) is 5.82. The fourth-order valence-corrected chi connectivity index (χ4v) is 4.26. The van der Waals surface area contributed by atoms with Gasteiger partial charge in [-0.2, -0.15) is 0 Å². The number of piperazine rings is 1. The van der Waals surface area contributed by atoms with Crippen LogP contribution in [0.2, 0.25) is 0 Å². The first-order valence-electron chi connectivity index (χ1n) is 10.3. The van der Waals surface area contributed by atoms with Crippen molar-refractivity contribution in [2.75, 3.05) is 36.0 Å². The highest BCUT2D eigenvalue weighted by molar-refractivity contribution is 5.87. The zero-order valence-electron chi connectivity index (χ0n) is 16.7. The van der Waals surface area contributed by atoms with Crippen molar-refractivity contribution in [2.24, 2.45) is 0 Å². The zero-order valence-corrected chi connectivity index (χ0v) is 16.7. The van der Waals surface area contributed by atoms with E-state index in [1.807, 2.05) is 24.7 Å². The molecule has 0 amide bonds. The van der Waals surface area contributed by atoms with Crippen LogP contribution >= 0.6 is 0 Å². The first-order valence-corrected chi connectivity index (χ1v) is 10.3. The second-order valence-electron chi connectivity index (χ2n) is 7.43. The Bertz CT molecular complexity index is 1110. The average molecular weight is 383 g/mol. The minimum absolute atomic E-state index is 0.982. The molecule has 1 aromatic carbocycles. The Balaban J connectivity index is 1.42. The summed E-state index contributed by atoms with van der Waals surface area (Å²) >= 11 is 0. The van der Waals surface area contributed by atoms with E-state index in [4.69, 9.17) is 4.98 Å². The Morgan fingerprint density at radius 3 is 2.45 bits per heavy atom. The molecule has 4 aromatic rings. The average Bonchev–Trinajstić information content (AvgIpc) is 3.22. The fourth-order valence-electron chi connectivity index (χ4n) is 4.26. The van der Waals surface area contributed by atoms with Gasteiger partial charge in [0.2, 0.25) is 0 Å². The summed E-state index contributed by atoms with van der Waals surface area (Å²) in [6.45, 7) is 7.12. The van der Waals surface area contributed by atoms with Crippen LogP contribution in [0.25, 0.3) is 22.2 Å². The second kappa shape index (κ2) is 7.59. The van der Waals surface area contributed by atoms with Gasteiger partial charge in [-0.25, -0.2) is 0 Å². The van der Waals surface area contributed by atoms with Crippen LogP contribution in [0.5, 0.6) is 0 Å². The van der Waals surface area contributed by atoms with E-state index in [1.165, 1.54) is 27.8 Å². The third-order valence-electron chi connectivity index (χ3n) is 5.82. The lowest BCUT2D eigenvalue weighted by atomic mass is 10.1. The predicted molar refractivity (Wildman–Crippen MR) is 120 cm³/mol. The largest absolute Gasteiger partial charge is 0.368 e. The lowest BCUT2D eigenvalue weighted by Crippen LogP contribution is -2.46. The number of aromatic nitrogens is 3. The molecule has 1 fully saturated rings. The highest BCUT2D eigenvalue weighted by Crippen LogP contribution is 2.32. The molecule has 0 saturated carbocycles. The fraction of sp³-hybridized carbons (Fsp3) is 0.250. The van der Waals surface area contributed by atoms with Crippen LogP contribution < -0.4 is 9.80 Å². The summed E-state index contributed by atoms with van der Waals surface area (Å²) < 4.78 is 2.27. The first kappa shape index (κ1) is 17.7. The van der Waals surface area contributed by atoms with Crippen molar-refractivity contribution in [1.29, 1.82) is 0 Å². The molecule has 0 N–H and O–H groups in total. The molecule has 1 aliphatic rings. The third kappa shape index (κ3) is 3.33. The Hall–Kier alpha value is -3.34. The van der Waals surface area contributed by atoms with Crippen molar-refractivity contribution in [3.8, 4) is 11.3 Å². The van der Waals surface area contributed by atoms with Gasteiger partial charge in [-0.05, 0) is 49.4 Å². The Kier molecular flexibility index (Phi) is 4.64. The maximum absolute atomic E-state index is 4.76. The van der Waals surface area contributed by atoms with Gasteiger partial charge in [0, 0.05) is 79.7 Å². The molecule has 29 heavy (non-hydrogen) atoms. The van der Waals surface area contributed by atoms with Gasteiger partial charge in [-0.15, -0.1) is 0 Å². The van der Waals surface area contributed by atoms with Gasteiger partial charge in [0.1, 0.15) is 0 Å². The summed E-state index contributed by atoms with van der Waals surface area (Å²) in [5.74, 6) is 0. The molecule has 4 heterocycles. The lowest BCUT2D eigenvalue weighted by molar-refractivity contribution is 0.653. The van der Waals surface area contributed by atoms with Crippen LogP contribution in [0.4, 0.5) is 11.4 Å². The van der Waals surface area contributed by atoms with Crippen molar-refractivity contribution in [1.82, 2.24) is 14.5 Å². The SMILES string of the molecule is CCn1ccc2cc(-c3ncccc3N3CCN(c4ccncc4)CC3)ccc21. The van der Waals surface area contributed by atoms with E-state index >= 15 is 0 Å². The van der Waals surface area contributed by atoms with Gasteiger partial charge < -0.3 is 14.4 Å². The van der Waals surface area contributed by atoms with Gasteiger partial charge in [0.25, 0.3) is 0 Å². The van der Waals surface area contributed by atoms with Crippen LogP contribution in [0.3, 0.4) is 0 Å². The Labute approximate surface area is 171 Å². The van der Waals surface area contributed by atoms with Crippen LogP contribution in [0.15, 0.2) is 73.3 Å². The number of hydrogen-bond acceptors (Lipinski definition) is 4. The normalized spacial score (nSPS) is 14.5. The maximum atomic E-state index is 4.76. The molecular weight excluding hydrogens is 358 g/mol. The number of anilines is 2. The molecule has 0 unspecified atom stereocenters.